The molecule has 3 aromatic rings. The Morgan fingerprint density at radius 1 is 1.16 bits per heavy atom. The van der Waals surface area contributed by atoms with Crippen molar-refractivity contribution in [2.75, 3.05) is 7.11 Å². The first-order valence-electron chi connectivity index (χ1n) is 7.69. The second-order valence-electron chi connectivity index (χ2n) is 5.47. The van der Waals surface area contributed by atoms with Crippen LogP contribution in [-0.2, 0) is 16.0 Å². The Balaban J connectivity index is 1.84. The lowest BCUT2D eigenvalue weighted by Crippen LogP contribution is -2.43. The molecule has 1 heterocycles. The maximum absolute atomic E-state index is 12.5. The van der Waals surface area contributed by atoms with E-state index in [1.165, 1.54) is 7.11 Å². The van der Waals surface area contributed by atoms with E-state index in [2.05, 4.69) is 10.3 Å². The van der Waals surface area contributed by atoms with Crippen LogP contribution in [0.5, 0.6) is 0 Å². The van der Waals surface area contributed by atoms with E-state index >= 15 is 0 Å². The highest BCUT2D eigenvalue weighted by Gasteiger charge is 2.25. The van der Waals surface area contributed by atoms with Crippen LogP contribution in [0.4, 0.5) is 0 Å². The van der Waals surface area contributed by atoms with Crippen LogP contribution in [0.3, 0.4) is 0 Å². The number of fused-ring (bicyclic) bond motifs is 1. The summed E-state index contributed by atoms with van der Waals surface area (Å²) in [6.45, 7) is 0. The Bertz CT molecular complexity index is 905. The number of carbonyl (C=O) groups excluding carboxylic acids is 2. The van der Waals surface area contributed by atoms with Gasteiger partial charge in [0.2, 0.25) is 5.82 Å². The third kappa shape index (κ3) is 3.45. The van der Waals surface area contributed by atoms with Crippen molar-refractivity contribution in [1.82, 2.24) is 15.0 Å². The number of ether oxygens (including phenoxy) is 1. The van der Waals surface area contributed by atoms with Gasteiger partial charge in [0.15, 0.2) is 0 Å². The average Bonchev–Trinajstić information content (AvgIpc) is 2.98. The SMILES string of the molecule is COC(=O)C(Cc1ccccc1)NC(=O)c1nc2ccccc2n1O. The van der Waals surface area contributed by atoms with E-state index < -0.39 is 17.9 Å². The van der Waals surface area contributed by atoms with E-state index in [1.54, 1.807) is 24.3 Å². The summed E-state index contributed by atoms with van der Waals surface area (Å²) >= 11 is 0. The summed E-state index contributed by atoms with van der Waals surface area (Å²) in [5.74, 6) is -1.43. The number of carbonyl (C=O) groups is 2. The first-order valence-corrected chi connectivity index (χ1v) is 7.69. The highest BCUT2D eigenvalue weighted by atomic mass is 16.5. The Hall–Kier alpha value is -3.35. The van der Waals surface area contributed by atoms with E-state index in [1.807, 2.05) is 30.3 Å². The lowest BCUT2D eigenvalue weighted by Gasteiger charge is -2.16. The first-order chi connectivity index (χ1) is 12.1. The van der Waals surface area contributed by atoms with Gasteiger partial charge >= 0.3 is 5.97 Å². The zero-order valence-corrected chi connectivity index (χ0v) is 13.5. The van der Waals surface area contributed by atoms with Gasteiger partial charge in [0, 0.05) is 6.42 Å². The number of nitrogens with zero attached hydrogens (tertiary/aromatic N) is 2. The van der Waals surface area contributed by atoms with Crippen molar-refractivity contribution in [2.24, 2.45) is 0 Å². The van der Waals surface area contributed by atoms with Crippen molar-refractivity contribution in [1.29, 1.82) is 0 Å². The van der Waals surface area contributed by atoms with Crippen molar-refractivity contribution in [2.45, 2.75) is 12.5 Å². The van der Waals surface area contributed by atoms with Crippen LogP contribution in [-0.4, -0.2) is 39.9 Å². The van der Waals surface area contributed by atoms with Crippen LogP contribution in [0.25, 0.3) is 11.0 Å². The van der Waals surface area contributed by atoms with Crippen molar-refractivity contribution in [3.63, 3.8) is 0 Å². The maximum Gasteiger partial charge on any atom is 0.328 e. The van der Waals surface area contributed by atoms with Gasteiger partial charge in [-0.2, -0.15) is 4.73 Å². The summed E-state index contributed by atoms with van der Waals surface area (Å²) in [7, 11) is 1.26. The van der Waals surface area contributed by atoms with E-state index in [0.717, 1.165) is 5.56 Å². The molecule has 7 heteroatoms. The molecule has 1 atom stereocenters. The fourth-order valence-electron chi connectivity index (χ4n) is 2.57. The standard InChI is InChI=1S/C18H17N3O4/c1-25-18(23)14(11-12-7-3-2-4-8-12)20-17(22)16-19-13-9-5-6-10-15(13)21(16)24/h2-10,14,24H,11H2,1H3,(H,20,22). The van der Waals surface area contributed by atoms with E-state index in [0.29, 0.717) is 15.8 Å². The number of benzene rings is 2. The van der Waals surface area contributed by atoms with Gasteiger partial charge in [-0.15, -0.1) is 0 Å². The highest BCUT2D eigenvalue weighted by Crippen LogP contribution is 2.14. The summed E-state index contributed by atoms with van der Waals surface area (Å²) in [4.78, 5) is 28.6. The molecule has 1 amide bonds. The lowest BCUT2D eigenvalue weighted by molar-refractivity contribution is -0.142. The average molecular weight is 339 g/mol. The molecule has 0 saturated carbocycles. The molecule has 25 heavy (non-hydrogen) atoms. The highest BCUT2D eigenvalue weighted by molar-refractivity contribution is 5.96. The zero-order valence-electron chi connectivity index (χ0n) is 13.5. The maximum atomic E-state index is 12.5. The molecule has 0 fully saturated rings. The minimum Gasteiger partial charge on any atom is -0.467 e. The molecule has 0 saturated heterocycles. The predicted octanol–water partition coefficient (Wildman–Crippen LogP) is 1.79. The van der Waals surface area contributed by atoms with Gasteiger partial charge in [0.05, 0.1) is 12.6 Å². The van der Waals surface area contributed by atoms with Gasteiger partial charge in [-0.1, -0.05) is 42.5 Å². The molecule has 0 aliphatic carbocycles. The molecule has 0 aliphatic heterocycles. The molecule has 1 unspecified atom stereocenters. The van der Waals surface area contributed by atoms with Crippen molar-refractivity contribution >= 4 is 22.9 Å². The second kappa shape index (κ2) is 7.04. The van der Waals surface area contributed by atoms with Crippen LogP contribution in [0, 0.1) is 0 Å². The van der Waals surface area contributed by atoms with Gasteiger partial charge in [-0.05, 0) is 17.7 Å². The number of hydrogen-bond donors (Lipinski definition) is 2. The third-order valence-corrected chi connectivity index (χ3v) is 3.81. The summed E-state index contributed by atoms with van der Waals surface area (Å²) in [6.07, 6.45) is 0.269. The van der Waals surface area contributed by atoms with Gasteiger partial charge in [0.25, 0.3) is 5.91 Å². The van der Waals surface area contributed by atoms with Crippen LogP contribution in [0.2, 0.25) is 0 Å². The van der Waals surface area contributed by atoms with E-state index in [4.69, 9.17) is 4.74 Å². The Morgan fingerprint density at radius 2 is 1.84 bits per heavy atom. The van der Waals surface area contributed by atoms with Gasteiger partial charge in [-0.3, -0.25) is 4.79 Å². The first kappa shape index (κ1) is 16.5. The van der Waals surface area contributed by atoms with Crippen LogP contribution in [0.15, 0.2) is 54.6 Å². The molecule has 3 rings (SSSR count). The fraction of sp³-hybridized carbons (Fsp3) is 0.167. The largest absolute Gasteiger partial charge is 0.467 e. The third-order valence-electron chi connectivity index (χ3n) is 3.81. The van der Waals surface area contributed by atoms with Crippen LogP contribution >= 0.6 is 0 Å². The molecule has 0 radical (unpaired) electrons. The molecule has 0 spiro atoms. The van der Waals surface area contributed by atoms with Crippen LogP contribution in [0.1, 0.15) is 16.2 Å². The van der Waals surface area contributed by atoms with Gasteiger partial charge in [0.1, 0.15) is 11.6 Å². The second-order valence-corrected chi connectivity index (χ2v) is 5.47. The normalized spacial score (nSPS) is 11.9. The number of para-hydroxylation sites is 2. The van der Waals surface area contributed by atoms with E-state index in [9.17, 15) is 14.8 Å². The van der Waals surface area contributed by atoms with Crippen molar-refractivity contribution < 1.29 is 19.5 Å². The van der Waals surface area contributed by atoms with E-state index in [-0.39, 0.29) is 12.2 Å². The predicted molar refractivity (Wildman–Crippen MR) is 90.3 cm³/mol. The number of nitrogens with one attached hydrogen (secondary N) is 1. The number of esters is 1. The van der Waals surface area contributed by atoms with Crippen molar-refractivity contribution in [3.05, 3.63) is 66.0 Å². The molecule has 0 bridgehead atoms. The Labute approximate surface area is 143 Å². The molecule has 2 N–H and O–H groups in total. The number of amides is 1. The van der Waals surface area contributed by atoms with Crippen LogP contribution < -0.4 is 5.32 Å². The monoisotopic (exact) mass is 339 g/mol. The minimum absolute atomic E-state index is 0.192. The number of aromatic nitrogens is 2. The number of imidazole rings is 1. The number of methoxy groups -OCH3 is 1. The lowest BCUT2D eigenvalue weighted by atomic mass is 10.1. The molecular weight excluding hydrogens is 322 g/mol. The Kier molecular flexibility index (Phi) is 4.65. The number of hydrogen-bond acceptors (Lipinski definition) is 5. The molecule has 128 valence electrons. The van der Waals surface area contributed by atoms with Gasteiger partial charge < -0.3 is 15.3 Å². The Morgan fingerprint density at radius 3 is 2.52 bits per heavy atom. The quantitative estimate of drug-likeness (QED) is 0.546. The molecule has 1 aromatic heterocycles. The molecule has 2 aromatic carbocycles. The summed E-state index contributed by atoms with van der Waals surface area (Å²) in [5.41, 5.74) is 1.76. The van der Waals surface area contributed by atoms with Crippen molar-refractivity contribution in [3.8, 4) is 0 Å². The number of rotatable bonds is 5. The minimum atomic E-state index is -0.889. The topological polar surface area (TPSA) is 93.5 Å². The summed E-state index contributed by atoms with van der Waals surface area (Å²) in [6, 6.07) is 15.2. The fourth-order valence-corrected chi connectivity index (χ4v) is 2.57. The van der Waals surface area contributed by atoms with Gasteiger partial charge in [-0.25, -0.2) is 9.78 Å². The molecular formula is C18H17N3O4. The zero-order chi connectivity index (χ0) is 17.8. The smallest absolute Gasteiger partial charge is 0.328 e. The molecule has 7 nitrogen and oxygen atoms in total. The summed E-state index contributed by atoms with van der Waals surface area (Å²) < 4.78 is 5.48. The molecule has 0 aliphatic rings. The summed E-state index contributed by atoms with van der Waals surface area (Å²) in [5, 5.41) is 12.7.